The van der Waals surface area contributed by atoms with Gasteiger partial charge in [0.15, 0.2) is 0 Å². The molecule has 4 heteroatoms. The molecule has 0 aromatic carbocycles. The van der Waals surface area contributed by atoms with Crippen molar-refractivity contribution in [2.75, 3.05) is 13.1 Å². The molecular formula is C11H14ClNOS. The van der Waals surface area contributed by atoms with Crippen LogP contribution in [0.1, 0.15) is 30.2 Å². The molecule has 1 atom stereocenters. The zero-order valence-corrected chi connectivity index (χ0v) is 10.1. The van der Waals surface area contributed by atoms with Gasteiger partial charge in [-0.15, -0.1) is 11.6 Å². The van der Waals surface area contributed by atoms with Crippen molar-refractivity contribution in [3.8, 4) is 0 Å². The molecule has 0 spiro atoms. The van der Waals surface area contributed by atoms with Crippen LogP contribution in [0.2, 0.25) is 0 Å². The Morgan fingerprint density at radius 1 is 1.40 bits per heavy atom. The smallest absolute Gasteiger partial charge is 0.245 e. The molecule has 2 rings (SSSR count). The van der Waals surface area contributed by atoms with E-state index in [9.17, 15) is 4.79 Å². The summed E-state index contributed by atoms with van der Waals surface area (Å²) in [6.07, 6.45) is 3.45. The summed E-state index contributed by atoms with van der Waals surface area (Å²) < 4.78 is 0. The zero-order valence-electron chi connectivity index (χ0n) is 8.49. The molecule has 1 saturated heterocycles. The van der Waals surface area contributed by atoms with Crippen LogP contribution in [-0.2, 0) is 4.79 Å². The number of rotatable bonds is 2. The fourth-order valence-corrected chi connectivity index (χ4v) is 2.87. The number of hydrogen-bond donors (Lipinski definition) is 0. The van der Waals surface area contributed by atoms with Crippen molar-refractivity contribution in [3.63, 3.8) is 0 Å². The van der Waals surface area contributed by atoms with Crippen molar-refractivity contribution < 1.29 is 4.79 Å². The second-order valence-corrected chi connectivity index (χ2v) is 5.02. The van der Waals surface area contributed by atoms with E-state index in [0.717, 1.165) is 31.5 Å². The molecule has 2 nitrogen and oxygen atoms in total. The van der Waals surface area contributed by atoms with Crippen molar-refractivity contribution >= 4 is 28.8 Å². The highest BCUT2D eigenvalue weighted by Gasteiger charge is 2.24. The van der Waals surface area contributed by atoms with Crippen LogP contribution in [0.5, 0.6) is 0 Å². The van der Waals surface area contributed by atoms with E-state index in [1.807, 2.05) is 21.7 Å². The van der Waals surface area contributed by atoms with Gasteiger partial charge in [-0.05, 0) is 41.7 Å². The van der Waals surface area contributed by atoms with E-state index in [1.165, 1.54) is 6.42 Å². The average Bonchev–Trinajstić information content (AvgIpc) is 2.82. The molecule has 1 amide bonds. The van der Waals surface area contributed by atoms with Crippen LogP contribution in [0.15, 0.2) is 16.8 Å². The Bertz CT molecular complexity index is 319. The second-order valence-electron chi connectivity index (χ2n) is 3.81. The number of alkyl halides is 1. The maximum Gasteiger partial charge on any atom is 0.245 e. The summed E-state index contributed by atoms with van der Waals surface area (Å²) in [4.78, 5) is 13.9. The Hall–Kier alpha value is -0.540. The van der Waals surface area contributed by atoms with Crippen LogP contribution in [-0.4, -0.2) is 23.9 Å². The number of carbonyl (C=O) groups excluding carboxylic acids is 1. The van der Waals surface area contributed by atoms with Gasteiger partial charge in [-0.25, -0.2) is 0 Å². The van der Waals surface area contributed by atoms with E-state index in [2.05, 4.69) is 0 Å². The Morgan fingerprint density at radius 2 is 2.13 bits per heavy atom. The quantitative estimate of drug-likeness (QED) is 0.732. The molecule has 0 radical (unpaired) electrons. The first kappa shape index (κ1) is 11.0. The van der Waals surface area contributed by atoms with Gasteiger partial charge < -0.3 is 4.90 Å². The molecule has 1 aromatic heterocycles. The van der Waals surface area contributed by atoms with Crippen LogP contribution in [0.3, 0.4) is 0 Å². The fourth-order valence-electron chi connectivity index (χ4n) is 1.84. The minimum absolute atomic E-state index is 0.0646. The summed E-state index contributed by atoms with van der Waals surface area (Å²) in [6.45, 7) is 1.73. The van der Waals surface area contributed by atoms with Crippen molar-refractivity contribution in [2.45, 2.75) is 24.6 Å². The Balaban J connectivity index is 2.00. The van der Waals surface area contributed by atoms with Gasteiger partial charge in [0, 0.05) is 13.1 Å². The van der Waals surface area contributed by atoms with E-state index in [0.29, 0.717) is 0 Å². The topological polar surface area (TPSA) is 20.3 Å². The first-order chi connectivity index (χ1) is 7.29. The molecule has 1 aliphatic rings. The molecule has 1 unspecified atom stereocenters. The normalized spacial score (nSPS) is 18.9. The third-order valence-electron chi connectivity index (χ3n) is 2.72. The van der Waals surface area contributed by atoms with E-state index in [1.54, 1.807) is 11.3 Å². The summed E-state index contributed by atoms with van der Waals surface area (Å²) in [5, 5.41) is 3.41. The second kappa shape index (κ2) is 4.99. The van der Waals surface area contributed by atoms with Gasteiger partial charge in [-0.3, -0.25) is 4.79 Å². The van der Waals surface area contributed by atoms with Gasteiger partial charge in [0.05, 0.1) is 0 Å². The number of piperidine rings is 1. The molecule has 1 aliphatic heterocycles. The van der Waals surface area contributed by atoms with Gasteiger partial charge in [0.1, 0.15) is 5.38 Å². The lowest BCUT2D eigenvalue weighted by molar-refractivity contribution is -0.131. The summed E-state index contributed by atoms with van der Waals surface area (Å²) in [7, 11) is 0. The van der Waals surface area contributed by atoms with E-state index in [-0.39, 0.29) is 5.91 Å². The summed E-state index contributed by atoms with van der Waals surface area (Å²) in [5.41, 5.74) is 0.928. The Labute approximate surface area is 98.8 Å². The largest absolute Gasteiger partial charge is 0.341 e. The first-order valence-electron chi connectivity index (χ1n) is 5.24. The van der Waals surface area contributed by atoms with Gasteiger partial charge in [-0.1, -0.05) is 0 Å². The number of thiophene rings is 1. The summed E-state index contributed by atoms with van der Waals surface area (Å²) >= 11 is 7.72. The molecule has 82 valence electrons. The number of likely N-dealkylation sites (tertiary alicyclic amines) is 1. The highest BCUT2D eigenvalue weighted by atomic mass is 35.5. The SMILES string of the molecule is O=C(C(Cl)c1ccsc1)N1CCCCC1. The average molecular weight is 244 g/mol. The van der Waals surface area contributed by atoms with Crippen LogP contribution in [0.4, 0.5) is 0 Å². The molecule has 0 bridgehead atoms. The van der Waals surface area contributed by atoms with Crippen molar-refractivity contribution in [1.29, 1.82) is 0 Å². The molecular weight excluding hydrogens is 230 g/mol. The third-order valence-corrected chi connectivity index (χ3v) is 3.86. The Kier molecular flexibility index (Phi) is 3.65. The Morgan fingerprint density at radius 3 is 2.73 bits per heavy atom. The van der Waals surface area contributed by atoms with Gasteiger partial charge >= 0.3 is 0 Å². The predicted octanol–water partition coefficient (Wildman–Crippen LogP) is 3.04. The van der Waals surface area contributed by atoms with Crippen LogP contribution in [0, 0.1) is 0 Å². The van der Waals surface area contributed by atoms with Crippen molar-refractivity contribution in [1.82, 2.24) is 4.90 Å². The molecule has 1 aromatic rings. The number of halogens is 1. The van der Waals surface area contributed by atoms with Crippen LogP contribution in [0.25, 0.3) is 0 Å². The van der Waals surface area contributed by atoms with E-state index < -0.39 is 5.38 Å². The van der Waals surface area contributed by atoms with Gasteiger partial charge in [0.25, 0.3) is 0 Å². The maximum absolute atomic E-state index is 12.0. The van der Waals surface area contributed by atoms with E-state index in [4.69, 9.17) is 11.6 Å². The number of amides is 1. The molecule has 0 N–H and O–H groups in total. The zero-order chi connectivity index (χ0) is 10.7. The lowest BCUT2D eigenvalue weighted by Gasteiger charge is -2.28. The van der Waals surface area contributed by atoms with Crippen molar-refractivity contribution in [3.05, 3.63) is 22.4 Å². The first-order valence-corrected chi connectivity index (χ1v) is 6.62. The lowest BCUT2D eigenvalue weighted by atomic mass is 10.1. The van der Waals surface area contributed by atoms with Crippen LogP contribution >= 0.6 is 22.9 Å². The molecule has 15 heavy (non-hydrogen) atoms. The number of carbonyl (C=O) groups is 1. The molecule has 0 aliphatic carbocycles. The molecule has 0 saturated carbocycles. The highest BCUT2D eigenvalue weighted by Crippen LogP contribution is 2.26. The fraction of sp³-hybridized carbons (Fsp3) is 0.545. The minimum Gasteiger partial charge on any atom is -0.341 e. The lowest BCUT2D eigenvalue weighted by Crippen LogP contribution is -2.37. The minimum atomic E-state index is -0.491. The number of hydrogen-bond acceptors (Lipinski definition) is 2. The van der Waals surface area contributed by atoms with Gasteiger partial charge in [-0.2, -0.15) is 11.3 Å². The standard InChI is InChI=1S/C11H14ClNOS/c12-10(9-4-7-15-8-9)11(14)13-5-2-1-3-6-13/h4,7-8,10H,1-3,5-6H2. The molecule has 2 heterocycles. The van der Waals surface area contributed by atoms with Gasteiger partial charge in [0.2, 0.25) is 5.91 Å². The monoisotopic (exact) mass is 243 g/mol. The summed E-state index contributed by atoms with van der Waals surface area (Å²) in [6, 6.07) is 1.92. The van der Waals surface area contributed by atoms with Crippen molar-refractivity contribution in [2.24, 2.45) is 0 Å². The summed E-state index contributed by atoms with van der Waals surface area (Å²) in [5.74, 6) is 0.0646. The maximum atomic E-state index is 12.0. The third kappa shape index (κ3) is 2.52. The van der Waals surface area contributed by atoms with E-state index >= 15 is 0 Å². The number of nitrogens with zero attached hydrogens (tertiary/aromatic N) is 1. The van der Waals surface area contributed by atoms with Crippen LogP contribution < -0.4 is 0 Å². The predicted molar refractivity (Wildman–Crippen MR) is 63.3 cm³/mol. The molecule has 1 fully saturated rings. The highest BCUT2D eigenvalue weighted by molar-refractivity contribution is 7.08.